The molecule has 0 aliphatic carbocycles. The van der Waals surface area contributed by atoms with E-state index in [2.05, 4.69) is 208 Å². The third-order valence-corrected chi connectivity index (χ3v) is 19.5. The predicted octanol–water partition coefficient (Wildman–Crippen LogP) is 14.0. The molecule has 0 spiro atoms. The lowest BCUT2D eigenvalue weighted by Crippen LogP contribution is -2.63. The highest BCUT2D eigenvalue weighted by Crippen LogP contribution is 2.48. The molecule has 5 heterocycles. The Bertz CT molecular complexity index is 4520. The van der Waals surface area contributed by atoms with Gasteiger partial charge in [0.15, 0.2) is 0 Å². The van der Waals surface area contributed by atoms with E-state index in [1.165, 1.54) is 26.0 Å². The van der Waals surface area contributed by atoms with E-state index < -0.39 is 0 Å². The topological polar surface area (TPSA) is 21.8 Å². The van der Waals surface area contributed by atoms with Gasteiger partial charge in [0.25, 0.3) is 13.4 Å². The van der Waals surface area contributed by atoms with E-state index in [0.29, 0.717) is 11.4 Å². The Morgan fingerprint density at radius 3 is 1.83 bits per heavy atom. The molecule has 0 atom stereocenters. The zero-order valence-electron chi connectivity index (χ0n) is 45.7. The van der Waals surface area contributed by atoms with Gasteiger partial charge in [-0.1, -0.05) is 143 Å². The van der Waals surface area contributed by atoms with Crippen LogP contribution < -0.4 is 62.3 Å². The number of nitrogens with one attached hydrogen (secondary N) is 1. The second kappa shape index (κ2) is 19.0. The molecule has 0 unspecified atom stereocenters. The fraction of sp³-hybridized carbons (Fsp3) is 0.0857. The molecule has 387 valence electrons. The van der Waals surface area contributed by atoms with Crippen molar-refractivity contribution in [3.05, 3.63) is 245 Å². The molecule has 10 aromatic carbocycles. The summed E-state index contributed by atoms with van der Waals surface area (Å²) in [6.07, 6.45) is 0. The van der Waals surface area contributed by atoms with Crippen LogP contribution in [0.1, 0.15) is 33.4 Å². The quantitative estimate of drug-likeness (QED) is 0.153. The largest absolute Gasteiger partial charge is 0.356 e. The van der Waals surface area contributed by atoms with Crippen molar-refractivity contribution in [2.45, 2.75) is 41.5 Å². The van der Waals surface area contributed by atoms with Crippen LogP contribution in [0.2, 0.25) is 0 Å². The summed E-state index contributed by atoms with van der Waals surface area (Å²) in [7, 11) is 2.38. The normalized spacial score (nSPS) is 12.9. The molecular formula is C70H52B3F2N4S2. The van der Waals surface area contributed by atoms with E-state index in [1.807, 2.05) is 54.7 Å². The number of hydrogen-bond donors (Lipinski definition) is 1. The Morgan fingerprint density at radius 2 is 1.10 bits per heavy atom. The first kappa shape index (κ1) is 49.4. The van der Waals surface area contributed by atoms with Gasteiger partial charge < -0.3 is 20.0 Å². The van der Waals surface area contributed by atoms with Crippen LogP contribution in [-0.4, -0.2) is 20.7 Å². The van der Waals surface area contributed by atoms with Crippen molar-refractivity contribution in [1.82, 2.24) is 0 Å². The van der Waals surface area contributed by atoms with Gasteiger partial charge in [-0.05, 0) is 175 Å². The highest BCUT2D eigenvalue weighted by atomic mass is 32.1. The van der Waals surface area contributed by atoms with E-state index in [0.717, 1.165) is 121 Å². The zero-order valence-corrected chi connectivity index (χ0v) is 47.3. The molecule has 0 saturated heterocycles. The van der Waals surface area contributed by atoms with Crippen molar-refractivity contribution in [1.29, 1.82) is 0 Å². The third kappa shape index (κ3) is 7.76. The van der Waals surface area contributed by atoms with Gasteiger partial charge in [0.2, 0.25) is 7.28 Å². The molecule has 1 radical (unpaired) electrons. The first-order chi connectivity index (χ1) is 39.5. The molecule has 2 aromatic heterocycles. The number of aryl methyl sites for hydroxylation is 6. The Balaban J connectivity index is 1.03. The van der Waals surface area contributed by atoms with Crippen LogP contribution in [0, 0.1) is 53.2 Å². The number of hydrogen-bond acceptors (Lipinski definition) is 6. The van der Waals surface area contributed by atoms with E-state index in [-0.39, 0.29) is 25.1 Å². The fourth-order valence-corrected chi connectivity index (χ4v) is 15.9. The Labute approximate surface area is 481 Å². The van der Waals surface area contributed by atoms with Gasteiger partial charge in [0.05, 0.1) is 22.7 Å². The zero-order chi connectivity index (χ0) is 54.9. The summed E-state index contributed by atoms with van der Waals surface area (Å²) < 4.78 is 38.8. The Morgan fingerprint density at radius 1 is 0.444 bits per heavy atom. The number of rotatable bonds is 8. The van der Waals surface area contributed by atoms with Crippen molar-refractivity contribution in [2.24, 2.45) is 0 Å². The summed E-state index contributed by atoms with van der Waals surface area (Å²) in [6, 6.07) is 69.5. The van der Waals surface area contributed by atoms with Crippen LogP contribution in [0.25, 0.3) is 20.2 Å². The molecule has 0 saturated carbocycles. The lowest BCUT2D eigenvalue weighted by atomic mass is 9.31. The summed E-state index contributed by atoms with van der Waals surface area (Å²) in [5.41, 5.74) is 23.2. The van der Waals surface area contributed by atoms with Crippen molar-refractivity contribution in [2.75, 3.05) is 20.0 Å². The van der Waals surface area contributed by atoms with Gasteiger partial charge in [-0.25, -0.2) is 8.78 Å². The van der Waals surface area contributed by atoms with Gasteiger partial charge in [-0.15, -0.1) is 11.3 Å². The van der Waals surface area contributed by atoms with Crippen molar-refractivity contribution >= 4 is 168 Å². The minimum Gasteiger partial charge on any atom is -0.356 e. The maximum absolute atomic E-state index is 17.4. The summed E-state index contributed by atoms with van der Waals surface area (Å²) >= 11 is 3.63. The van der Waals surface area contributed by atoms with Crippen LogP contribution in [-0.2, 0) is 0 Å². The van der Waals surface area contributed by atoms with Gasteiger partial charge in [-0.3, -0.25) is 0 Å². The average Bonchev–Trinajstić information content (AvgIpc) is 4.24. The van der Waals surface area contributed by atoms with Crippen LogP contribution in [0.15, 0.2) is 200 Å². The maximum atomic E-state index is 17.4. The molecule has 0 bridgehead atoms. The number of nitrogens with zero attached hydrogens (tertiary/aromatic N) is 3. The van der Waals surface area contributed by atoms with E-state index in [4.69, 9.17) is 0 Å². The average molecular weight is 1080 g/mol. The number of thiophene rings is 2. The lowest BCUT2D eigenvalue weighted by Gasteiger charge is -2.43. The summed E-state index contributed by atoms with van der Waals surface area (Å²) in [5, 5.41) is 6.41. The van der Waals surface area contributed by atoms with Gasteiger partial charge in [0, 0.05) is 59.4 Å². The van der Waals surface area contributed by atoms with Crippen LogP contribution in [0.3, 0.4) is 0 Å². The predicted molar refractivity (Wildman–Crippen MR) is 347 cm³/mol. The molecule has 12 aromatic rings. The second-order valence-corrected chi connectivity index (χ2v) is 24.2. The molecule has 3 aliphatic rings. The van der Waals surface area contributed by atoms with Crippen molar-refractivity contribution in [3.8, 4) is 0 Å². The number of halogens is 2. The maximum Gasteiger partial charge on any atom is 0.259 e. The second-order valence-electron chi connectivity index (χ2n) is 22.1. The monoisotopic (exact) mass is 1080 g/mol. The number of anilines is 11. The molecular weight excluding hydrogens is 1030 g/mol. The SMILES string of the molecule is Cc1cc(C)c2c(c1)N(c1ccccc1F)c1c(sc3ccccc13)B2c1cc2c(cc1C)N(c1c(C)cccc1F)c1cc(N(c3ccccc3)c3ccccc3)cc3c1B2c1cc([B]c2sc4ccccc4c2C)c(C)cc1N3. The Hall–Kier alpha value is -8.63. The molecule has 4 nitrogen and oxygen atoms in total. The highest BCUT2D eigenvalue weighted by Gasteiger charge is 2.46. The smallest absolute Gasteiger partial charge is 0.259 e. The van der Waals surface area contributed by atoms with Crippen molar-refractivity contribution in [3.63, 3.8) is 0 Å². The molecule has 0 fully saturated rings. The van der Waals surface area contributed by atoms with E-state index in [9.17, 15) is 0 Å². The fourth-order valence-electron chi connectivity index (χ4n) is 13.5. The van der Waals surface area contributed by atoms with Gasteiger partial charge in [-0.2, -0.15) is 11.3 Å². The van der Waals surface area contributed by atoms with Crippen molar-refractivity contribution < 1.29 is 8.78 Å². The van der Waals surface area contributed by atoms with Crippen LogP contribution in [0.5, 0.6) is 0 Å². The van der Waals surface area contributed by atoms with Crippen LogP contribution in [0.4, 0.5) is 71.3 Å². The highest BCUT2D eigenvalue weighted by molar-refractivity contribution is 7.33. The first-order valence-electron chi connectivity index (χ1n) is 27.7. The first-order valence-corrected chi connectivity index (χ1v) is 29.3. The van der Waals surface area contributed by atoms with E-state index in [1.54, 1.807) is 29.5 Å². The van der Waals surface area contributed by atoms with Crippen LogP contribution >= 0.6 is 22.7 Å². The molecule has 3 aliphatic heterocycles. The summed E-state index contributed by atoms with van der Waals surface area (Å²) in [5.74, 6) is -0.572. The van der Waals surface area contributed by atoms with Gasteiger partial charge in [0.1, 0.15) is 11.6 Å². The molecule has 11 heteroatoms. The lowest BCUT2D eigenvalue weighted by molar-refractivity contribution is 0.627. The Kier molecular flexibility index (Phi) is 11.6. The molecule has 81 heavy (non-hydrogen) atoms. The standard InChI is InChI=1S/C70H52B3F2N4S2/c1-40-32-44(5)65-61(33-40)78(59-29-16-15-27-55(59)74)68-50-26-14-18-31-64(50)81-70(68)73(65)52-39-54-60(35-43(52)4)79(67-41(2)20-19-28-56(67)75)62-37-48(77(46-21-9-7-10-22-46)47-23-11-8-12-24-47)36-58-66(62)72(54)53-38-51(42(3)34-57(53)76-58)71-69-45(6)49-25-13-17-30-63(49)80-69/h7-39,76H,1-6H3. The minimum atomic E-state index is -0.297. The number of fused-ring (bicyclic) bond motifs is 9. The summed E-state index contributed by atoms with van der Waals surface area (Å²) in [6.45, 7) is 12.5. The molecule has 15 rings (SSSR count). The number of para-hydroxylation sites is 4. The molecule has 0 amide bonds. The number of benzene rings is 10. The minimum absolute atomic E-state index is 0.224. The van der Waals surface area contributed by atoms with E-state index >= 15 is 8.78 Å². The molecule has 1 N–H and O–H groups in total. The summed E-state index contributed by atoms with van der Waals surface area (Å²) in [4.78, 5) is 6.70. The van der Waals surface area contributed by atoms with Gasteiger partial charge >= 0.3 is 0 Å². The third-order valence-electron chi connectivity index (χ3n) is 17.0.